The van der Waals surface area contributed by atoms with Crippen LogP contribution in [-0.2, 0) is 15.8 Å². The van der Waals surface area contributed by atoms with Crippen LogP contribution in [-0.4, -0.2) is 28.2 Å². The van der Waals surface area contributed by atoms with Crippen molar-refractivity contribution in [1.29, 1.82) is 0 Å². The molecule has 0 aromatic carbocycles. The lowest BCUT2D eigenvalue weighted by Crippen LogP contribution is -2.31. The molecule has 0 radical (unpaired) electrons. The standard InChI is InChI=1S/C10H5ClF3N3O3/c11-6-1-4(10(12,13)14)2-15-7(6)17-8(18)5(3-16-17)9(19)20/h1-3,5H,(H,19,20). The van der Waals surface area contributed by atoms with Crippen LogP contribution < -0.4 is 5.01 Å². The number of alkyl halides is 3. The summed E-state index contributed by atoms with van der Waals surface area (Å²) in [4.78, 5) is 25.8. The van der Waals surface area contributed by atoms with E-state index in [0.29, 0.717) is 17.3 Å². The average Bonchev–Trinajstić information content (AvgIpc) is 2.70. The van der Waals surface area contributed by atoms with Crippen LogP contribution in [0.3, 0.4) is 0 Å². The van der Waals surface area contributed by atoms with Crippen LogP contribution in [0.25, 0.3) is 0 Å². The maximum Gasteiger partial charge on any atom is 0.417 e. The molecule has 1 aromatic rings. The van der Waals surface area contributed by atoms with Crippen molar-refractivity contribution in [1.82, 2.24) is 4.98 Å². The number of carboxylic acids is 1. The van der Waals surface area contributed by atoms with Crippen molar-refractivity contribution < 1.29 is 27.9 Å². The molecule has 0 aliphatic carbocycles. The molecule has 10 heteroatoms. The van der Waals surface area contributed by atoms with Gasteiger partial charge in [0.1, 0.15) is 0 Å². The second-order valence-corrected chi connectivity index (χ2v) is 4.16. The van der Waals surface area contributed by atoms with Crippen LogP contribution in [0.4, 0.5) is 19.0 Å². The van der Waals surface area contributed by atoms with E-state index in [4.69, 9.17) is 16.7 Å². The summed E-state index contributed by atoms with van der Waals surface area (Å²) in [6, 6.07) is 0.584. The maximum atomic E-state index is 12.4. The molecular formula is C10H5ClF3N3O3. The first-order valence-corrected chi connectivity index (χ1v) is 5.43. The number of amides is 1. The average molecular weight is 308 g/mol. The van der Waals surface area contributed by atoms with Crippen LogP contribution in [0.5, 0.6) is 0 Å². The third-order valence-electron chi connectivity index (χ3n) is 2.42. The van der Waals surface area contributed by atoms with Crippen LogP contribution in [0.2, 0.25) is 5.02 Å². The van der Waals surface area contributed by atoms with Gasteiger partial charge in [-0.2, -0.15) is 23.3 Å². The number of hydrazone groups is 1. The summed E-state index contributed by atoms with van der Waals surface area (Å²) in [6.45, 7) is 0. The van der Waals surface area contributed by atoms with Gasteiger partial charge >= 0.3 is 12.1 Å². The van der Waals surface area contributed by atoms with Gasteiger partial charge in [0.25, 0.3) is 5.91 Å². The molecule has 1 aliphatic rings. The van der Waals surface area contributed by atoms with Crippen molar-refractivity contribution in [2.75, 3.05) is 5.01 Å². The molecule has 0 bridgehead atoms. The molecule has 1 atom stereocenters. The normalized spacial score (nSPS) is 18.7. The van der Waals surface area contributed by atoms with Crippen molar-refractivity contribution >= 4 is 35.5 Å². The van der Waals surface area contributed by atoms with Crippen LogP contribution in [0.1, 0.15) is 5.56 Å². The van der Waals surface area contributed by atoms with Gasteiger partial charge in [0.05, 0.1) is 10.6 Å². The predicted octanol–water partition coefficient (Wildman–Crippen LogP) is 1.79. The third kappa shape index (κ3) is 2.44. The van der Waals surface area contributed by atoms with Gasteiger partial charge in [-0.05, 0) is 6.07 Å². The molecule has 0 saturated carbocycles. The highest BCUT2D eigenvalue weighted by molar-refractivity contribution is 6.34. The summed E-state index contributed by atoms with van der Waals surface area (Å²) >= 11 is 5.63. The Morgan fingerprint density at radius 3 is 2.55 bits per heavy atom. The number of nitrogens with zero attached hydrogens (tertiary/aromatic N) is 3. The van der Waals surface area contributed by atoms with E-state index < -0.39 is 34.6 Å². The summed E-state index contributed by atoms with van der Waals surface area (Å²) in [6.07, 6.45) is -3.30. The lowest BCUT2D eigenvalue weighted by Gasteiger charge is -2.14. The van der Waals surface area contributed by atoms with Crippen LogP contribution in [0, 0.1) is 5.92 Å². The lowest BCUT2D eigenvalue weighted by molar-refractivity contribution is -0.142. The number of carbonyl (C=O) groups is 2. The SMILES string of the molecule is O=C(O)C1C=NN(c2ncc(C(F)(F)F)cc2Cl)C1=O. The van der Waals surface area contributed by atoms with E-state index in [1.165, 1.54) is 0 Å². The van der Waals surface area contributed by atoms with Gasteiger partial charge in [-0.3, -0.25) is 9.59 Å². The van der Waals surface area contributed by atoms with Gasteiger partial charge in [-0.15, -0.1) is 0 Å². The van der Waals surface area contributed by atoms with Gasteiger partial charge in [-0.1, -0.05) is 11.6 Å². The van der Waals surface area contributed by atoms with E-state index in [9.17, 15) is 22.8 Å². The smallest absolute Gasteiger partial charge is 0.417 e. The molecule has 106 valence electrons. The Bertz CT molecular complexity index is 618. The van der Waals surface area contributed by atoms with Gasteiger partial charge in [0, 0.05) is 12.4 Å². The zero-order valence-electron chi connectivity index (χ0n) is 9.43. The van der Waals surface area contributed by atoms with E-state index in [-0.39, 0.29) is 5.82 Å². The fourth-order valence-electron chi connectivity index (χ4n) is 1.46. The molecule has 1 N–H and O–H groups in total. The summed E-state index contributed by atoms with van der Waals surface area (Å²) in [5.74, 6) is -4.24. The molecule has 1 aliphatic heterocycles. The minimum Gasteiger partial charge on any atom is -0.480 e. The van der Waals surface area contributed by atoms with E-state index >= 15 is 0 Å². The molecule has 1 aromatic heterocycles. The fourth-order valence-corrected chi connectivity index (χ4v) is 1.70. The first-order chi connectivity index (χ1) is 9.21. The highest BCUT2D eigenvalue weighted by Crippen LogP contribution is 2.34. The second-order valence-electron chi connectivity index (χ2n) is 3.76. The Labute approximate surface area is 114 Å². The minimum atomic E-state index is -4.63. The zero-order chi connectivity index (χ0) is 15.1. The largest absolute Gasteiger partial charge is 0.480 e. The van der Waals surface area contributed by atoms with Crippen LogP contribution in [0.15, 0.2) is 17.4 Å². The van der Waals surface area contributed by atoms with Crippen molar-refractivity contribution in [3.05, 3.63) is 22.8 Å². The molecule has 1 amide bonds. The number of halogens is 4. The Hall–Kier alpha value is -2.16. The maximum absolute atomic E-state index is 12.4. The number of hydrogen-bond acceptors (Lipinski definition) is 4. The molecule has 0 saturated heterocycles. The van der Waals surface area contributed by atoms with Crippen molar-refractivity contribution in [3.63, 3.8) is 0 Å². The molecule has 2 heterocycles. The summed E-state index contributed by atoms with van der Waals surface area (Å²) in [7, 11) is 0. The van der Waals surface area contributed by atoms with Crippen molar-refractivity contribution in [3.8, 4) is 0 Å². The van der Waals surface area contributed by atoms with Crippen molar-refractivity contribution in [2.45, 2.75) is 6.18 Å². The fraction of sp³-hybridized carbons (Fsp3) is 0.200. The zero-order valence-corrected chi connectivity index (χ0v) is 10.2. The van der Waals surface area contributed by atoms with Crippen molar-refractivity contribution in [2.24, 2.45) is 11.0 Å². The van der Waals surface area contributed by atoms with Gasteiger partial charge < -0.3 is 5.11 Å². The first kappa shape index (κ1) is 14.3. The highest BCUT2D eigenvalue weighted by Gasteiger charge is 2.38. The summed E-state index contributed by atoms with van der Waals surface area (Å²) in [5, 5.41) is 12.3. The van der Waals surface area contributed by atoms with E-state index in [1.807, 2.05) is 0 Å². The Morgan fingerprint density at radius 2 is 2.10 bits per heavy atom. The lowest BCUT2D eigenvalue weighted by atomic mass is 10.1. The van der Waals surface area contributed by atoms with Gasteiger partial charge in [0.2, 0.25) is 0 Å². The number of pyridine rings is 1. The number of aliphatic carboxylic acids is 1. The first-order valence-electron chi connectivity index (χ1n) is 5.05. The molecule has 6 nitrogen and oxygen atoms in total. The van der Waals surface area contributed by atoms with E-state index in [2.05, 4.69) is 10.1 Å². The second kappa shape index (κ2) is 4.75. The summed E-state index contributed by atoms with van der Waals surface area (Å²) in [5.41, 5.74) is -1.09. The third-order valence-corrected chi connectivity index (χ3v) is 2.70. The Balaban J connectivity index is 2.34. The number of carboxylic acid groups (broad SMARTS) is 1. The molecule has 1 unspecified atom stereocenters. The number of aromatic nitrogens is 1. The minimum absolute atomic E-state index is 0.357. The Morgan fingerprint density at radius 1 is 1.45 bits per heavy atom. The number of carbonyl (C=O) groups excluding carboxylic acids is 1. The Kier molecular flexibility index (Phi) is 3.38. The number of anilines is 1. The molecule has 20 heavy (non-hydrogen) atoms. The van der Waals surface area contributed by atoms with Crippen LogP contribution >= 0.6 is 11.6 Å². The molecule has 2 rings (SSSR count). The van der Waals surface area contributed by atoms with E-state index in [1.54, 1.807) is 0 Å². The number of rotatable bonds is 2. The monoisotopic (exact) mass is 307 g/mol. The van der Waals surface area contributed by atoms with Gasteiger partial charge in [-0.25, -0.2) is 4.98 Å². The van der Waals surface area contributed by atoms with Gasteiger partial charge in [0.15, 0.2) is 11.7 Å². The highest BCUT2D eigenvalue weighted by atomic mass is 35.5. The molecule has 0 fully saturated rings. The predicted molar refractivity (Wildman–Crippen MR) is 61.4 cm³/mol. The molecule has 0 spiro atoms. The number of hydrogen-bond donors (Lipinski definition) is 1. The summed E-state index contributed by atoms with van der Waals surface area (Å²) < 4.78 is 37.3. The van der Waals surface area contributed by atoms with E-state index in [0.717, 1.165) is 6.21 Å². The molecular weight excluding hydrogens is 303 g/mol. The quantitative estimate of drug-likeness (QED) is 0.844. The topological polar surface area (TPSA) is 82.9 Å².